The number of pyridine rings is 1. The zero-order valence-electron chi connectivity index (χ0n) is 74.0. The summed E-state index contributed by atoms with van der Waals surface area (Å²) in [5.41, 5.74) is 14.8. The number of anilines is 2. The first-order valence-corrected chi connectivity index (χ1v) is 46.6. The van der Waals surface area contributed by atoms with E-state index < -0.39 is 0 Å². The lowest BCUT2D eigenvalue weighted by atomic mass is 9.75. The van der Waals surface area contributed by atoms with E-state index in [4.69, 9.17) is 0 Å². The van der Waals surface area contributed by atoms with E-state index in [1.807, 2.05) is 0 Å². The number of fused-ring (bicyclic) bond motifs is 2. The Kier molecular flexibility index (Phi) is 42.6. The van der Waals surface area contributed by atoms with Crippen LogP contribution in [-0.4, -0.2) is 41.3 Å². The molecule has 2 atom stereocenters. The van der Waals surface area contributed by atoms with Crippen LogP contribution in [0, 0.1) is 30.6 Å². The molecule has 1 aliphatic rings. The van der Waals surface area contributed by atoms with E-state index in [9.17, 15) is 4.79 Å². The molecule has 7 heteroatoms. The van der Waals surface area contributed by atoms with Gasteiger partial charge in [-0.3, -0.25) is 18.8 Å². The number of unbranched alkanes of at least 4 members (excludes halogenated alkanes) is 36. The lowest BCUT2D eigenvalue weighted by molar-refractivity contribution is -0.113. The second-order valence-corrected chi connectivity index (χ2v) is 36.4. The number of aryl methyl sites for hydroxylation is 1. The fourth-order valence-electron chi connectivity index (χ4n) is 17.9. The first-order valence-electron chi connectivity index (χ1n) is 46.6. The fraction of sp³-hybridized carbons (Fsp3) is 0.716. The summed E-state index contributed by atoms with van der Waals surface area (Å²) in [7, 11) is 4.52. The first kappa shape index (κ1) is 92.7. The predicted octanol–water partition coefficient (Wildman–Crippen LogP) is 29.5. The van der Waals surface area contributed by atoms with Crippen molar-refractivity contribution >= 4 is 45.8 Å². The number of aromatic nitrogens is 2. The summed E-state index contributed by atoms with van der Waals surface area (Å²) in [6.07, 6.45) is 60.5. The van der Waals surface area contributed by atoms with Gasteiger partial charge in [-0.15, -0.1) is 0 Å². The van der Waals surface area contributed by atoms with Crippen molar-refractivity contribution in [1.82, 2.24) is 8.97 Å². The topological polar surface area (TPSA) is 67.0 Å². The van der Waals surface area contributed by atoms with Crippen LogP contribution in [0.4, 0.5) is 11.4 Å². The van der Waals surface area contributed by atoms with Gasteiger partial charge in [0.05, 0.1) is 16.8 Å². The quantitative estimate of drug-likeness (QED) is 0.0221. The van der Waals surface area contributed by atoms with Gasteiger partial charge in [-0.1, -0.05) is 378 Å². The maximum atomic E-state index is 16.3. The van der Waals surface area contributed by atoms with Crippen LogP contribution in [0.25, 0.3) is 33.5 Å². The zero-order valence-corrected chi connectivity index (χ0v) is 74.0. The Morgan fingerprint density at radius 1 is 0.495 bits per heavy atom. The molecule has 7 nitrogen and oxygen atoms in total. The van der Waals surface area contributed by atoms with Gasteiger partial charge in [-0.25, -0.2) is 0 Å². The number of benzene rings is 2. The molecule has 2 unspecified atom stereocenters. The molecule has 1 amide bonds. The Labute approximate surface area is 670 Å². The molecular weight excluding hydrogens is 1330 g/mol. The highest BCUT2D eigenvalue weighted by molar-refractivity contribution is 6.43. The monoisotopic (exact) mass is 1500 g/mol. The summed E-state index contributed by atoms with van der Waals surface area (Å²) >= 11 is 0. The maximum absolute atomic E-state index is 16.3. The van der Waals surface area contributed by atoms with Gasteiger partial charge in [-0.2, -0.15) is 0 Å². The zero-order chi connectivity index (χ0) is 79.1. The molecule has 0 bridgehead atoms. The highest BCUT2D eigenvalue weighted by atomic mass is 16.2. The van der Waals surface area contributed by atoms with Crippen molar-refractivity contribution in [2.75, 3.05) is 29.9 Å². The molecule has 1 aliphatic heterocycles. The Morgan fingerprint density at radius 3 is 1.41 bits per heavy atom. The number of hydrogen-bond acceptors (Lipinski definition) is 4. The van der Waals surface area contributed by atoms with Gasteiger partial charge in [0.25, 0.3) is 11.5 Å². The van der Waals surface area contributed by atoms with Crippen molar-refractivity contribution in [3.05, 3.63) is 115 Å². The molecule has 2 aromatic carbocycles. The largest absolute Gasteiger partial charge is 0.374 e. The smallest absolute Gasteiger partial charge is 0.263 e. The van der Waals surface area contributed by atoms with Gasteiger partial charge in [0, 0.05) is 82.9 Å². The van der Waals surface area contributed by atoms with Crippen molar-refractivity contribution in [1.29, 1.82) is 0 Å². The molecule has 0 spiro atoms. The van der Waals surface area contributed by atoms with Gasteiger partial charge in [0.2, 0.25) is 0 Å². The van der Waals surface area contributed by atoms with Crippen molar-refractivity contribution in [3.63, 3.8) is 0 Å². The first-order chi connectivity index (χ1) is 52.7. The number of nitrogens with zero attached hydrogens (tertiary/aromatic N) is 4. The minimum Gasteiger partial charge on any atom is -0.374 e. The highest BCUT2D eigenvalue weighted by Gasteiger charge is 2.39. The molecule has 3 aromatic heterocycles. The standard InChI is InChI=1S/C102H166N4O3/c1-18-24-30-36-42-46-50-55-61-82(60-54-48-40-34-28-22-5)76-103(16)94-74-84(66-68-87(94)90(78-107)98-89-69-67-85(101(12,13)79(7)8)75-95(89)105(99(98)108)77-83(62-56-49-41-35-29-23-6)63-57-51-47-43-37-31-25-19-2)91-70-71-92(104(91)17)88(65-59-53-45-39-33-27-21-4)97-81(11)86(64-58-52-44-38-32-26-20-3)93-72-73-96(106(93)100(97)109)102(14,15)80(9)10/h66-75,78-80,82-83H,18-65,76-77H2,1-17H3/b97-88+,98-90-. The van der Waals surface area contributed by atoms with Crippen LogP contribution in [0.15, 0.2) is 65.5 Å². The summed E-state index contributed by atoms with van der Waals surface area (Å²) in [6.45, 7) is 36.2. The van der Waals surface area contributed by atoms with E-state index in [1.165, 1.54) is 274 Å². The molecule has 0 saturated carbocycles. The summed E-state index contributed by atoms with van der Waals surface area (Å²) in [5, 5.41) is 0.893. The molecule has 612 valence electrons. The molecule has 0 aliphatic carbocycles. The molecule has 0 saturated heterocycles. The molecule has 6 rings (SSSR count). The van der Waals surface area contributed by atoms with Crippen molar-refractivity contribution in [2.24, 2.45) is 30.7 Å². The van der Waals surface area contributed by atoms with E-state index in [2.05, 4.69) is 197 Å². The molecule has 0 fully saturated rings. The van der Waals surface area contributed by atoms with E-state index in [0.29, 0.717) is 41.4 Å². The molecule has 0 N–H and O–H groups in total. The number of allylic oxidation sites excluding steroid dienone is 1. The van der Waals surface area contributed by atoms with E-state index in [0.717, 1.165) is 125 Å². The van der Waals surface area contributed by atoms with Crippen LogP contribution in [0.5, 0.6) is 0 Å². The number of carbonyl (C=O) groups is 2. The minimum absolute atomic E-state index is 0.0264. The van der Waals surface area contributed by atoms with Gasteiger partial charge in [-0.05, 0) is 146 Å². The Bertz CT molecular complexity index is 3570. The lowest BCUT2D eigenvalue weighted by Crippen LogP contribution is -2.40. The molecule has 0 radical (unpaired) electrons. The average Bonchev–Trinajstić information content (AvgIpc) is 1.61. The van der Waals surface area contributed by atoms with Gasteiger partial charge in [0.15, 0.2) is 6.29 Å². The average molecular weight is 1500 g/mol. The summed E-state index contributed by atoms with van der Waals surface area (Å²) in [6, 6.07) is 22.8. The van der Waals surface area contributed by atoms with Gasteiger partial charge >= 0.3 is 0 Å². The summed E-state index contributed by atoms with van der Waals surface area (Å²) in [4.78, 5) is 52.0. The van der Waals surface area contributed by atoms with Crippen LogP contribution >= 0.6 is 0 Å². The fourth-order valence-corrected chi connectivity index (χ4v) is 17.9. The second-order valence-electron chi connectivity index (χ2n) is 36.4. The normalized spacial score (nSPS) is 14.2. The van der Waals surface area contributed by atoms with E-state index in [1.54, 1.807) is 0 Å². The van der Waals surface area contributed by atoms with Crippen molar-refractivity contribution in [2.45, 2.75) is 423 Å². The Balaban J connectivity index is 1.60. The SMILES string of the molecule is CCCCCCCCCCC(CCCCCCCC)CN(C)c1cc(-c2ccc(/C(CCCCCCCCC)=c3\c(C)c(CCCCCCCCC)c4ccc(C(C)(C)C(C)C)n4c3=O)n2C)ccc1/C(C=O)=C1\C(=O)N(CC(CCCCCCCC)CCCCCCCCCC)c2cc(C(C)(C)C(C)C)ccc21. The number of aldehydes is 1. The molecule has 109 heavy (non-hydrogen) atoms. The number of hydrogen-bond donors (Lipinski definition) is 0. The highest BCUT2D eigenvalue weighted by Crippen LogP contribution is 2.47. The second kappa shape index (κ2) is 50.1. The predicted molar refractivity (Wildman–Crippen MR) is 479 cm³/mol. The van der Waals surface area contributed by atoms with E-state index in [-0.39, 0.29) is 22.3 Å². The summed E-state index contributed by atoms with van der Waals surface area (Å²) in [5.74, 6) is 1.52. The van der Waals surface area contributed by atoms with Crippen LogP contribution in [0.1, 0.15) is 438 Å². The van der Waals surface area contributed by atoms with Gasteiger partial charge in [0.1, 0.15) is 0 Å². The van der Waals surface area contributed by atoms with Crippen LogP contribution in [0.3, 0.4) is 0 Å². The molecule has 4 heterocycles. The molecule has 5 aromatic rings. The third-order valence-electron chi connectivity index (χ3n) is 26.8. The van der Waals surface area contributed by atoms with E-state index >= 15 is 9.59 Å². The third kappa shape index (κ3) is 27.5. The minimum atomic E-state index is -0.228. The van der Waals surface area contributed by atoms with Crippen LogP contribution in [-0.2, 0) is 33.9 Å². The number of rotatable bonds is 61. The Morgan fingerprint density at radius 2 is 0.945 bits per heavy atom. The van der Waals surface area contributed by atoms with Crippen molar-refractivity contribution < 1.29 is 9.59 Å². The number of carbonyl (C=O) groups excluding carboxylic acids is 2. The maximum Gasteiger partial charge on any atom is 0.263 e. The van der Waals surface area contributed by atoms with Crippen molar-refractivity contribution in [3.8, 4) is 11.3 Å². The molecular formula is C102H166N4O3. The van der Waals surface area contributed by atoms with Crippen LogP contribution in [0.2, 0.25) is 0 Å². The Hall–Kier alpha value is -5.17. The third-order valence-corrected chi connectivity index (χ3v) is 26.8. The van der Waals surface area contributed by atoms with Gasteiger partial charge < -0.3 is 14.4 Å². The van der Waals surface area contributed by atoms with Crippen LogP contribution < -0.4 is 20.6 Å². The summed E-state index contributed by atoms with van der Waals surface area (Å²) < 4.78 is 4.55. The lowest BCUT2D eigenvalue weighted by Gasteiger charge is -2.31. The number of amides is 1.